The van der Waals surface area contributed by atoms with Crippen LogP contribution in [0, 0.1) is 0 Å². The van der Waals surface area contributed by atoms with Crippen molar-refractivity contribution in [3.05, 3.63) is 18.5 Å². The van der Waals surface area contributed by atoms with E-state index in [1.807, 2.05) is 0 Å². The van der Waals surface area contributed by atoms with Crippen LogP contribution in [-0.2, 0) is 4.79 Å². The second-order valence-electron chi connectivity index (χ2n) is 4.46. The predicted molar refractivity (Wildman–Crippen MR) is 70.7 cm³/mol. The van der Waals surface area contributed by atoms with Crippen molar-refractivity contribution >= 4 is 23.5 Å². The maximum atomic E-state index is 11.6. The lowest BCUT2D eigenvalue weighted by Gasteiger charge is -2.33. The Bertz CT molecular complexity index is 398. The molecule has 0 aromatic carbocycles. The Morgan fingerprint density at radius 2 is 2.28 bits per heavy atom. The number of anilines is 1. The quantitative estimate of drug-likeness (QED) is 0.837. The molecule has 1 aromatic heterocycles. The van der Waals surface area contributed by atoms with Crippen LogP contribution in [0.15, 0.2) is 18.5 Å². The van der Waals surface area contributed by atoms with Gasteiger partial charge in [-0.1, -0.05) is 0 Å². The average Bonchev–Trinajstić information content (AvgIpc) is 2.40. The van der Waals surface area contributed by atoms with Crippen LogP contribution < -0.4 is 10.2 Å². The molecule has 0 spiro atoms. The van der Waals surface area contributed by atoms with Crippen LogP contribution in [0.3, 0.4) is 0 Å². The first-order valence-corrected chi connectivity index (χ1v) is 6.57. The zero-order chi connectivity index (χ0) is 13.0. The number of alkyl halides is 1. The van der Waals surface area contributed by atoms with Gasteiger partial charge in [0.25, 0.3) is 0 Å². The molecule has 6 heteroatoms. The molecule has 1 fully saturated rings. The van der Waals surface area contributed by atoms with Crippen molar-refractivity contribution in [1.82, 2.24) is 15.3 Å². The van der Waals surface area contributed by atoms with Crippen molar-refractivity contribution in [2.24, 2.45) is 0 Å². The van der Waals surface area contributed by atoms with E-state index in [0.717, 1.165) is 31.9 Å². The predicted octanol–water partition coefficient (Wildman–Crippen LogP) is 1.19. The fraction of sp³-hybridized carbons (Fsp3) is 0.583. The first-order valence-electron chi connectivity index (χ1n) is 6.13. The van der Waals surface area contributed by atoms with E-state index in [4.69, 9.17) is 11.6 Å². The monoisotopic (exact) mass is 268 g/mol. The summed E-state index contributed by atoms with van der Waals surface area (Å²) in [5.74, 6) is 0.605. The molecule has 1 saturated heterocycles. The SMILES string of the molecule is CC(Cl)C(=O)NC1CCCN(c2ncccn2)C1. The van der Waals surface area contributed by atoms with Crippen molar-refractivity contribution in [2.45, 2.75) is 31.2 Å². The number of piperidine rings is 1. The lowest BCUT2D eigenvalue weighted by molar-refractivity contribution is -0.121. The minimum absolute atomic E-state index is 0.113. The molecule has 1 aromatic rings. The molecule has 2 unspecified atom stereocenters. The van der Waals surface area contributed by atoms with Crippen molar-refractivity contribution in [3.8, 4) is 0 Å². The van der Waals surface area contributed by atoms with Gasteiger partial charge in [0.15, 0.2) is 0 Å². The minimum atomic E-state index is -0.492. The normalized spacial score (nSPS) is 21.4. The van der Waals surface area contributed by atoms with E-state index in [0.29, 0.717) is 0 Å². The molecule has 0 radical (unpaired) electrons. The van der Waals surface area contributed by atoms with Crippen molar-refractivity contribution < 1.29 is 4.79 Å². The largest absolute Gasteiger partial charge is 0.350 e. The molecule has 0 bridgehead atoms. The van der Waals surface area contributed by atoms with E-state index < -0.39 is 5.38 Å². The summed E-state index contributed by atoms with van der Waals surface area (Å²) >= 11 is 5.75. The number of carbonyl (C=O) groups excluding carboxylic acids is 1. The first kappa shape index (κ1) is 13.1. The number of hydrogen-bond donors (Lipinski definition) is 1. The summed E-state index contributed by atoms with van der Waals surface area (Å²) in [6, 6.07) is 1.92. The zero-order valence-corrected chi connectivity index (χ0v) is 11.1. The molecule has 2 atom stereocenters. The van der Waals surface area contributed by atoms with Gasteiger partial charge in [0.1, 0.15) is 5.38 Å². The molecule has 1 N–H and O–H groups in total. The number of nitrogens with zero attached hydrogens (tertiary/aromatic N) is 3. The molecule has 1 aliphatic rings. The molecule has 2 heterocycles. The van der Waals surface area contributed by atoms with Crippen LogP contribution in [-0.4, -0.2) is 40.4 Å². The number of aromatic nitrogens is 2. The van der Waals surface area contributed by atoms with Crippen LogP contribution in [0.1, 0.15) is 19.8 Å². The van der Waals surface area contributed by atoms with Crippen LogP contribution in [0.25, 0.3) is 0 Å². The van der Waals surface area contributed by atoms with Crippen molar-refractivity contribution in [3.63, 3.8) is 0 Å². The highest BCUT2D eigenvalue weighted by Crippen LogP contribution is 2.15. The summed E-state index contributed by atoms with van der Waals surface area (Å²) in [7, 11) is 0. The number of halogens is 1. The highest BCUT2D eigenvalue weighted by atomic mass is 35.5. The Hall–Kier alpha value is -1.36. The number of carbonyl (C=O) groups is 1. The molecular formula is C12H17ClN4O. The van der Waals surface area contributed by atoms with Gasteiger partial charge in [-0.15, -0.1) is 11.6 Å². The Labute approximate surface area is 112 Å². The molecule has 1 aliphatic heterocycles. The van der Waals surface area contributed by atoms with Crippen LogP contribution in [0.5, 0.6) is 0 Å². The lowest BCUT2D eigenvalue weighted by atomic mass is 10.1. The molecular weight excluding hydrogens is 252 g/mol. The summed E-state index contributed by atoms with van der Waals surface area (Å²) < 4.78 is 0. The summed E-state index contributed by atoms with van der Waals surface area (Å²) in [4.78, 5) is 22.1. The standard InChI is InChI=1S/C12H17ClN4O/c1-9(13)11(18)16-10-4-2-7-17(8-10)12-14-5-3-6-15-12/h3,5-6,9-10H,2,4,7-8H2,1H3,(H,16,18). The van der Waals surface area contributed by atoms with Gasteiger partial charge >= 0.3 is 0 Å². The van der Waals surface area contributed by atoms with Crippen LogP contribution in [0.4, 0.5) is 5.95 Å². The molecule has 1 amide bonds. The van der Waals surface area contributed by atoms with Crippen LogP contribution in [0.2, 0.25) is 0 Å². The topological polar surface area (TPSA) is 58.1 Å². The van der Waals surface area contributed by atoms with Crippen molar-refractivity contribution in [2.75, 3.05) is 18.0 Å². The maximum absolute atomic E-state index is 11.6. The zero-order valence-electron chi connectivity index (χ0n) is 10.3. The molecule has 0 saturated carbocycles. The maximum Gasteiger partial charge on any atom is 0.238 e. The van der Waals surface area contributed by atoms with Gasteiger partial charge in [0, 0.05) is 31.5 Å². The molecule has 0 aliphatic carbocycles. The van der Waals surface area contributed by atoms with Gasteiger partial charge in [-0.05, 0) is 25.8 Å². The Morgan fingerprint density at radius 3 is 2.94 bits per heavy atom. The summed E-state index contributed by atoms with van der Waals surface area (Å²) in [5.41, 5.74) is 0. The minimum Gasteiger partial charge on any atom is -0.350 e. The summed E-state index contributed by atoms with van der Waals surface area (Å²) in [6.45, 7) is 3.34. The third kappa shape index (κ3) is 3.32. The van der Waals surface area contributed by atoms with Crippen LogP contribution >= 0.6 is 11.6 Å². The van der Waals surface area contributed by atoms with E-state index in [1.165, 1.54) is 0 Å². The molecule has 18 heavy (non-hydrogen) atoms. The third-order valence-electron chi connectivity index (χ3n) is 2.96. The number of nitrogens with one attached hydrogen (secondary N) is 1. The van der Waals surface area contributed by atoms with Gasteiger partial charge in [-0.25, -0.2) is 9.97 Å². The van der Waals surface area contributed by atoms with E-state index in [1.54, 1.807) is 25.4 Å². The van der Waals surface area contributed by atoms with Crippen molar-refractivity contribution in [1.29, 1.82) is 0 Å². The van der Waals surface area contributed by atoms with Gasteiger partial charge < -0.3 is 10.2 Å². The summed E-state index contributed by atoms with van der Waals surface area (Å²) in [6.07, 6.45) is 5.44. The van der Waals surface area contributed by atoms with E-state index in [9.17, 15) is 4.79 Å². The second kappa shape index (κ2) is 6.00. The Kier molecular flexibility index (Phi) is 4.36. The third-order valence-corrected chi connectivity index (χ3v) is 3.16. The van der Waals surface area contributed by atoms with Gasteiger partial charge in [0.05, 0.1) is 0 Å². The van der Waals surface area contributed by atoms with E-state index in [2.05, 4.69) is 20.2 Å². The number of hydrogen-bond acceptors (Lipinski definition) is 4. The summed E-state index contributed by atoms with van der Waals surface area (Å²) in [5, 5.41) is 2.46. The Balaban J connectivity index is 1.95. The number of amides is 1. The average molecular weight is 269 g/mol. The molecule has 5 nitrogen and oxygen atoms in total. The van der Waals surface area contributed by atoms with Gasteiger partial charge in [-0.3, -0.25) is 4.79 Å². The first-order chi connectivity index (χ1) is 8.66. The smallest absolute Gasteiger partial charge is 0.238 e. The Morgan fingerprint density at radius 1 is 1.56 bits per heavy atom. The molecule has 2 rings (SSSR count). The second-order valence-corrected chi connectivity index (χ2v) is 5.11. The molecule has 98 valence electrons. The highest BCUT2D eigenvalue weighted by molar-refractivity contribution is 6.30. The number of rotatable bonds is 3. The highest BCUT2D eigenvalue weighted by Gasteiger charge is 2.23. The fourth-order valence-corrected chi connectivity index (χ4v) is 2.11. The van der Waals surface area contributed by atoms with E-state index >= 15 is 0 Å². The van der Waals surface area contributed by atoms with E-state index in [-0.39, 0.29) is 11.9 Å². The lowest BCUT2D eigenvalue weighted by Crippen LogP contribution is -2.49. The van der Waals surface area contributed by atoms with Gasteiger partial charge in [0.2, 0.25) is 11.9 Å². The fourth-order valence-electron chi connectivity index (χ4n) is 2.05. The van der Waals surface area contributed by atoms with Gasteiger partial charge in [-0.2, -0.15) is 0 Å².